The van der Waals surface area contributed by atoms with Gasteiger partial charge in [0.15, 0.2) is 0 Å². The maximum atomic E-state index is 15.0. The maximum Gasteiger partial charge on any atom is 0.264 e. The topological polar surface area (TPSA) is 86.8 Å². The van der Waals surface area contributed by atoms with Crippen LogP contribution in [0.4, 0.5) is 14.5 Å². The van der Waals surface area contributed by atoms with E-state index >= 15 is 4.39 Å². The Hall–Kier alpha value is -4.57. The third kappa shape index (κ3) is 8.76. The average molecular weight is 634 g/mol. The number of nitrogens with one attached hydrogen (secondary N) is 1. The van der Waals surface area contributed by atoms with Gasteiger partial charge in [-0.05, 0) is 75.7 Å². The Bertz CT molecular complexity index is 1720. The molecule has 0 saturated carbocycles. The molecule has 0 unspecified atom stereocenters. The Labute approximate surface area is 263 Å². The molecular weight excluding hydrogens is 596 g/mol. The first-order valence-corrected chi connectivity index (χ1v) is 15.9. The zero-order valence-electron chi connectivity index (χ0n) is 25.7. The average Bonchev–Trinajstić information content (AvgIpc) is 2.99. The van der Waals surface area contributed by atoms with E-state index in [1.165, 1.54) is 47.4 Å². The second kappa shape index (κ2) is 14.0. The van der Waals surface area contributed by atoms with Crippen molar-refractivity contribution in [2.24, 2.45) is 0 Å². The molecule has 45 heavy (non-hydrogen) atoms. The van der Waals surface area contributed by atoms with Crippen LogP contribution in [0.5, 0.6) is 0 Å². The fourth-order valence-electron chi connectivity index (χ4n) is 4.79. The Morgan fingerprint density at radius 3 is 2.02 bits per heavy atom. The summed E-state index contributed by atoms with van der Waals surface area (Å²) in [5, 5.41) is 2.93. The van der Waals surface area contributed by atoms with Crippen molar-refractivity contribution in [3.63, 3.8) is 0 Å². The van der Waals surface area contributed by atoms with Gasteiger partial charge in [-0.2, -0.15) is 0 Å². The van der Waals surface area contributed by atoms with Gasteiger partial charge in [-0.15, -0.1) is 0 Å². The monoisotopic (exact) mass is 633 g/mol. The first-order chi connectivity index (χ1) is 21.2. The summed E-state index contributed by atoms with van der Waals surface area (Å²) < 4.78 is 57.8. The van der Waals surface area contributed by atoms with Gasteiger partial charge in [0.1, 0.15) is 24.2 Å². The quantitative estimate of drug-likeness (QED) is 0.219. The molecule has 0 aliphatic rings. The number of rotatable bonds is 11. The molecule has 1 atom stereocenters. The number of anilines is 1. The largest absolute Gasteiger partial charge is 0.350 e. The van der Waals surface area contributed by atoms with Crippen LogP contribution < -0.4 is 9.62 Å². The van der Waals surface area contributed by atoms with Crippen molar-refractivity contribution >= 4 is 27.5 Å². The maximum absolute atomic E-state index is 15.0. The normalized spacial score (nSPS) is 12.3. The molecule has 0 bridgehead atoms. The van der Waals surface area contributed by atoms with Crippen LogP contribution in [0.1, 0.15) is 37.5 Å². The molecule has 4 rings (SSSR count). The van der Waals surface area contributed by atoms with Crippen molar-refractivity contribution in [3.8, 4) is 0 Å². The molecule has 10 heteroatoms. The van der Waals surface area contributed by atoms with Crippen LogP contribution in [0.25, 0.3) is 0 Å². The zero-order chi connectivity index (χ0) is 32.8. The molecule has 0 fully saturated rings. The molecule has 4 aromatic rings. The minimum Gasteiger partial charge on any atom is -0.350 e. The number of hydrogen-bond acceptors (Lipinski definition) is 4. The summed E-state index contributed by atoms with van der Waals surface area (Å²) >= 11 is 0. The van der Waals surface area contributed by atoms with Gasteiger partial charge in [0.2, 0.25) is 11.8 Å². The molecule has 0 heterocycles. The molecule has 1 N–H and O–H groups in total. The minimum atomic E-state index is -4.34. The van der Waals surface area contributed by atoms with Crippen LogP contribution in [-0.4, -0.2) is 43.3 Å². The fourth-order valence-corrected chi connectivity index (χ4v) is 6.20. The molecule has 0 radical (unpaired) electrons. The zero-order valence-corrected chi connectivity index (χ0v) is 26.5. The Morgan fingerprint density at radius 2 is 1.42 bits per heavy atom. The molecule has 0 saturated heterocycles. The van der Waals surface area contributed by atoms with Crippen molar-refractivity contribution in [2.45, 2.75) is 57.1 Å². The molecule has 0 spiro atoms. The standard InChI is InChI=1S/C35H37F2N3O4S/c1-25-14-20-30(21-15-25)45(43,44)40(29-18-16-28(36)17-19-29)24-33(41)39(23-27-12-8-9-13-31(27)37)32(34(42)38-35(2,3)4)22-26-10-6-5-7-11-26/h5-21,32H,22-24H2,1-4H3,(H,38,42)/t32-/m1/s1. The molecule has 2 amide bonds. The predicted octanol–water partition coefficient (Wildman–Crippen LogP) is 6.02. The van der Waals surface area contributed by atoms with E-state index in [1.54, 1.807) is 39.0 Å². The highest BCUT2D eigenvalue weighted by Gasteiger charge is 2.36. The predicted molar refractivity (Wildman–Crippen MR) is 171 cm³/mol. The number of carbonyl (C=O) groups is 2. The van der Waals surface area contributed by atoms with Crippen molar-refractivity contribution in [2.75, 3.05) is 10.8 Å². The second-order valence-electron chi connectivity index (χ2n) is 11.9. The molecule has 0 aliphatic heterocycles. The lowest BCUT2D eigenvalue weighted by atomic mass is 10.0. The van der Waals surface area contributed by atoms with E-state index < -0.39 is 51.6 Å². The van der Waals surface area contributed by atoms with Crippen molar-refractivity contribution in [1.29, 1.82) is 0 Å². The van der Waals surface area contributed by atoms with Gasteiger partial charge in [-0.25, -0.2) is 17.2 Å². The van der Waals surface area contributed by atoms with Gasteiger partial charge in [0, 0.05) is 24.1 Å². The number of nitrogens with zero attached hydrogens (tertiary/aromatic N) is 2. The molecule has 4 aromatic carbocycles. The summed E-state index contributed by atoms with van der Waals surface area (Å²) in [6, 6.07) is 24.7. The molecule has 0 aromatic heterocycles. The third-order valence-electron chi connectivity index (χ3n) is 7.07. The van der Waals surface area contributed by atoms with E-state index in [0.29, 0.717) is 0 Å². The Kier molecular flexibility index (Phi) is 10.4. The number of amides is 2. The van der Waals surface area contributed by atoms with E-state index in [2.05, 4.69) is 5.32 Å². The highest BCUT2D eigenvalue weighted by Crippen LogP contribution is 2.26. The lowest BCUT2D eigenvalue weighted by Crippen LogP contribution is -2.56. The van der Waals surface area contributed by atoms with Crippen LogP contribution >= 0.6 is 0 Å². The summed E-state index contributed by atoms with van der Waals surface area (Å²) in [7, 11) is -4.34. The summed E-state index contributed by atoms with van der Waals surface area (Å²) in [6.07, 6.45) is 0.0875. The van der Waals surface area contributed by atoms with Crippen LogP contribution in [0, 0.1) is 18.6 Å². The van der Waals surface area contributed by atoms with Crippen LogP contribution in [-0.2, 0) is 32.6 Å². The van der Waals surface area contributed by atoms with Gasteiger partial charge in [0.05, 0.1) is 10.6 Å². The van der Waals surface area contributed by atoms with Crippen LogP contribution in [0.3, 0.4) is 0 Å². The van der Waals surface area contributed by atoms with Crippen molar-refractivity contribution < 1.29 is 26.8 Å². The first kappa shape index (κ1) is 33.3. The van der Waals surface area contributed by atoms with E-state index in [4.69, 9.17) is 0 Å². The van der Waals surface area contributed by atoms with Gasteiger partial charge in [0.25, 0.3) is 10.0 Å². The number of benzene rings is 4. The second-order valence-corrected chi connectivity index (χ2v) is 13.7. The van der Waals surface area contributed by atoms with Crippen LogP contribution in [0.15, 0.2) is 108 Å². The van der Waals surface area contributed by atoms with Gasteiger partial charge < -0.3 is 10.2 Å². The summed E-state index contributed by atoms with van der Waals surface area (Å²) in [5.74, 6) is -2.39. The number of aryl methyl sites for hydroxylation is 1. The fraction of sp³-hybridized carbons (Fsp3) is 0.257. The molecular formula is C35H37F2N3O4S. The van der Waals surface area contributed by atoms with E-state index in [-0.39, 0.29) is 29.1 Å². The smallest absolute Gasteiger partial charge is 0.264 e. The molecule has 0 aliphatic carbocycles. The van der Waals surface area contributed by atoms with Crippen molar-refractivity contribution in [3.05, 3.63) is 131 Å². The number of sulfonamides is 1. The summed E-state index contributed by atoms with van der Waals surface area (Å²) in [4.78, 5) is 29.4. The lowest BCUT2D eigenvalue weighted by Gasteiger charge is -2.35. The van der Waals surface area contributed by atoms with Crippen molar-refractivity contribution in [1.82, 2.24) is 10.2 Å². The third-order valence-corrected chi connectivity index (χ3v) is 8.86. The Balaban J connectivity index is 1.82. The first-order valence-electron chi connectivity index (χ1n) is 14.5. The van der Waals surface area contributed by atoms with Gasteiger partial charge in [-0.3, -0.25) is 13.9 Å². The lowest BCUT2D eigenvalue weighted by molar-refractivity contribution is -0.140. The molecule has 236 valence electrons. The van der Waals surface area contributed by atoms with E-state index in [9.17, 15) is 22.4 Å². The van der Waals surface area contributed by atoms with Gasteiger partial charge >= 0.3 is 0 Å². The number of halogens is 2. The minimum absolute atomic E-state index is 0.0509. The number of hydrogen-bond donors (Lipinski definition) is 1. The molecule has 7 nitrogen and oxygen atoms in total. The van der Waals surface area contributed by atoms with E-state index in [1.807, 2.05) is 37.3 Å². The highest BCUT2D eigenvalue weighted by molar-refractivity contribution is 7.92. The summed E-state index contributed by atoms with van der Waals surface area (Å²) in [5.41, 5.74) is 1.13. The highest BCUT2D eigenvalue weighted by atomic mass is 32.2. The van der Waals surface area contributed by atoms with Crippen LogP contribution in [0.2, 0.25) is 0 Å². The van der Waals surface area contributed by atoms with E-state index in [0.717, 1.165) is 27.6 Å². The summed E-state index contributed by atoms with van der Waals surface area (Å²) in [6.45, 7) is 6.19. The van der Waals surface area contributed by atoms with Gasteiger partial charge in [-0.1, -0.05) is 66.2 Å². The Morgan fingerprint density at radius 1 is 0.822 bits per heavy atom. The SMILES string of the molecule is Cc1ccc(S(=O)(=O)N(CC(=O)N(Cc2ccccc2F)[C@H](Cc2ccccc2)C(=O)NC(C)(C)C)c2ccc(F)cc2)cc1. The number of carbonyl (C=O) groups excluding carboxylic acids is 2.